The van der Waals surface area contributed by atoms with Gasteiger partial charge in [-0.25, -0.2) is 5.84 Å². The van der Waals surface area contributed by atoms with Crippen LogP contribution in [0.25, 0.3) is 0 Å². The van der Waals surface area contributed by atoms with Gasteiger partial charge in [0.1, 0.15) is 0 Å². The molecule has 0 saturated heterocycles. The predicted octanol–water partition coefficient (Wildman–Crippen LogP) is 1.45. The highest BCUT2D eigenvalue weighted by atomic mass is 16.2. The number of carbonyl (C=O) groups is 1. The lowest BCUT2D eigenvalue weighted by Gasteiger charge is -2.11. The van der Waals surface area contributed by atoms with E-state index < -0.39 is 0 Å². The zero-order valence-corrected chi connectivity index (χ0v) is 7.53. The van der Waals surface area contributed by atoms with E-state index >= 15 is 0 Å². The number of nitrogens with zero attached hydrogens (tertiary/aromatic N) is 1. The zero-order chi connectivity index (χ0) is 9.84. The molecule has 0 aliphatic rings. The number of hydrogen-bond acceptors (Lipinski definition) is 2. The Hall–Kier alpha value is -1.61. The number of hydrazine groups is 1. The highest BCUT2D eigenvalue weighted by Crippen LogP contribution is 2.08. The topological polar surface area (TPSA) is 46.3 Å². The number of benzene rings is 1. The minimum atomic E-state index is -0.242. The number of rotatable bonds is 2. The molecule has 2 N–H and O–H groups in total. The Morgan fingerprint density at radius 2 is 2.15 bits per heavy atom. The molecule has 0 heterocycles. The van der Waals surface area contributed by atoms with Crippen molar-refractivity contribution in [2.75, 3.05) is 0 Å². The Kier molecular flexibility index (Phi) is 2.82. The van der Waals surface area contributed by atoms with Crippen LogP contribution in [-0.2, 0) is 0 Å². The van der Waals surface area contributed by atoms with E-state index in [9.17, 15) is 4.79 Å². The summed E-state index contributed by atoms with van der Waals surface area (Å²) in [6.45, 7) is 5.28. The van der Waals surface area contributed by atoms with Gasteiger partial charge in [0.25, 0.3) is 5.91 Å². The molecule has 1 aromatic carbocycles. The average molecular weight is 176 g/mol. The van der Waals surface area contributed by atoms with Crippen molar-refractivity contribution in [1.29, 1.82) is 0 Å². The van der Waals surface area contributed by atoms with Gasteiger partial charge in [-0.15, -0.1) is 0 Å². The third-order valence-electron chi connectivity index (χ3n) is 1.81. The maximum atomic E-state index is 11.5. The third kappa shape index (κ3) is 1.95. The summed E-state index contributed by atoms with van der Waals surface area (Å²) in [5.41, 5.74) is 1.51. The monoisotopic (exact) mass is 176 g/mol. The van der Waals surface area contributed by atoms with Gasteiger partial charge in [-0.3, -0.25) is 9.80 Å². The normalized spacial score (nSPS) is 9.38. The van der Waals surface area contributed by atoms with Gasteiger partial charge in [-0.05, 0) is 18.6 Å². The van der Waals surface area contributed by atoms with Crippen LogP contribution in [0.1, 0.15) is 15.9 Å². The summed E-state index contributed by atoms with van der Waals surface area (Å²) >= 11 is 0. The zero-order valence-electron chi connectivity index (χ0n) is 7.53. The van der Waals surface area contributed by atoms with Crippen molar-refractivity contribution in [3.05, 3.63) is 48.2 Å². The van der Waals surface area contributed by atoms with Crippen molar-refractivity contribution >= 4 is 5.91 Å². The minimum absolute atomic E-state index is 0.242. The highest BCUT2D eigenvalue weighted by molar-refractivity contribution is 5.95. The molecular weight excluding hydrogens is 164 g/mol. The van der Waals surface area contributed by atoms with E-state index in [1.807, 2.05) is 19.1 Å². The molecule has 0 unspecified atom stereocenters. The minimum Gasteiger partial charge on any atom is -0.267 e. The van der Waals surface area contributed by atoms with Crippen LogP contribution >= 0.6 is 0 Å². The van der Waals surface area contributed by atoms with Crippen LogP contribution < -0.4 is 5.84 Å². The molecule has 1 aromatic rings. The Balaban J connectivity index is 3.02. The van der Waals surface area contributed by atoms with E-state index in [-0.39, 0.29) is 5.91 Å². The molecule has 0 aliphatic carbocycles. The lowest BCUT2D eigenvalue weighted by Crippen LogP contribution is -2.32. The van der Waals surface area contributed by atoms with Crippen LogP contribution in [0.15, 0.2) is 37.0 Å². The molecule has 1 rings (SSSR count). The van der Waals surface area contributed by atoms with E-state index in [0.29, 0.717) is 5.56 Å². The van der Waals surface area contributed by atoms with E-state index in [2.05, 4.69) is 6.58 Å². The molecule has 0 radical (unpaired) electrons. The first kappa shape index (κ1) is 9.48. The number of hydrogen-bond donors (Lipinski definition) is 1. The Labute approximate surface area is 77.4 Å². The van der Waals surface area contributed by atoms with Crippen LogP contribution in [-0.4, -0.2) is 10.9 Å². The second kappa shape index (κ2) is 3.87. The van der Waals surface area contributed by atoms with E-state index in [1.165, 1.54) is 6.20 Å². The summed E-state index contributed by atoms with van der Waals surface area (Å²) in [7, 11) is 0. The van der Waals surface area contributed by atoms with Crippen molar-refractivity contribution in [3.63, 3.8) is 0 Å². The van der Waals surface area contributed by atoms with Crippen LogP contribution in [0.4, 0.5) is 0 Å². The van der Waals surface area contributed by atoms with Gasteiger partial charge in [0.2, 0.25) is 0 Å². The molecule has 0 fully saturated rings. The summed E-state index contributed by atoms with van der Waals surface area (Å²) < 4.78 is 0. The molecule has 0 spiro atoms. The van der Waals surface area contributed by atoms with Gasteiger partial charge in [-0.1, -0.05) is 24.8 Å². The van der Waals surface area contributed by atoms with Crippen molar-refractivity contribution in [2.45, 2.75) is 6.92 Å². The molecule has 3 heteroatoms. The summed E-state index contributed by atoms with van der Waals surface area (Å²) in [4.78, 5) is 11.5. The number of nitrogens with two attached hydrogens (primary N) is 1. The molecular formula is C10H12N2O. The van der Waals surface area contributed by atoms with Crippen LogP contribution in [0.2, 0.25) is 0 Å². The summed E-state index contributed by atoms with van der Waals surface area (Å²) in [6.07, 6.45) is 1.29. The molecule has 3 nitrogen and oxygen atoms in total. The first-order chi connectivity index (χ1) is 6.16. The lowest BCUT2D eigenvalue weighted by atomic mass is 10.1. The van der Waals surface area contributed by atoms with E-state index in [1.54, 1.807) is 12.1 Å². The van der Waals surface area contributed by atoms with Gasteiger partial charge in [-0.2, -0.15) is 0 Å². The molecule has 0 aliphatic heterocycles. The molecule has 0 saturated carbocycles. The van der Waals surface area contributed by atoms with Crippen molar-refractivity contribution in [2.24, 2.45) is 5.84 Å². The third-order valence-corrected chi connectivity index (χ3v) is 1.81. The van der Waals surface area contributed by atoms with Gasteiger partial charge < -0.3 is 0 Å². The molecule has 13 heavy (non-hydrogen) atoms. The van der Waals surface area contributed by atoms with Crippen LogP contribution in [0.5, 0.6) is 0 Å². The van der Waals surface area contributed by atoms with Gasteiger partial charge in [0, 0.05) is 11.8 Å². The Bertz CT molecular complexity index is 333. The van der Waals surface area contributed by atoms with Gasteiger partial charge in [0.15, 0.2) is 0 Å². The van der Waals surface area contributed by atoms with Crippen LogP contribution in [0, 0.1) is 6.92 Å². The molecule has 0 atom stereocenters. The number of amides is 1. The first-order valence-corrected chi connectivity index (χ1v) is 3.93. The fourth-order valence-electron chi connectivity index (χ4n) is 1.03. The Morgan fingerprint density at radius 3 is 2.69 bits per heavy atom. The quantitative estimate of drug-likeness (QED) is 0.421. The van der Waals surface area contributed by atoms with Gasteiger partial charge >= 0.3 is 0 Å². The van der Waals surface area contributed by atoms with Gasteiger partial charge in [0.05, 0.1) is 0 Å². The maximum Gasteiger partial charge on any atom is 0.272 e. The molecule has 1 amide bonds. The van der Waals surface area contributed by atoms with Crippen molar-refractivity contribution < 1.29 is 4.79 Å². The summed E-state index contributed by atoms with van der Waals surface area (Å²) in [5, 5.41) is 0.975. The Morgan fingerprint density at radius 1 is 1.54 bits per heavy atom. The maximum absolute atomic E-state index is 11.5. The molecule has 68 valence electrons. The average Bonchev–Trinajstić information content (AvgIpc) is 2.16. The summed E-state index contributed by atoms with van der Waals surface area (Å²) in [6, 6.07) is 7.28. The van der Waals surface area contributed by atoms with Crippen molar-refractivity contribution in [1.82, 2.24) is 5.01 Å². The van der Waals surface area contributed by atoms with E-state index in [0.717, 1.165) is 10.6 Å². The highest BCUT2D eigenvalue weighted by Gasteiger charge is 2.10. The second-order valence-corrected chi connectivity index (χ2v) is 2.71. The smallest absolute Gasteiger partial charge is 0.267 e. The first-order valence-electron chi connectivity index (χ1n) is 3.93. The largest absolute Gasteiger partial charge is 0.272 e. The molecule has 0 aromatic heterocycles. The fraction of sp³-hybridized carbons (Fsp3) is 0.100. The lowest BCUT2D eigenvalue weighted by molar-refractivity contribution is 0.0822. The standard InChI is InChI=1S/C10H12N2O/c1-3-12(11)10(13)9-7-5-4-6-8(9)2/h3-7H,1,11H2,2H3. The van der Waals surface area contributed by atoms with E-state index in [4.69, 9.17) is 5.84 Å². The summed E-state index contributed by atoms with van der Waals surface area (Å²) in [5.74, 6) is 5.14. The van der Waals surface area contributed by atoms with Crippen molar-refractivity contribution in [3.8, 4) is 0 Å². The fourth-order valence-corrected chi connectivity index (χ4v) is 1.03. The number of aryl methyl sites for hydroxylation is 1. The SMILES string of the molecule is C=CN(N)C(=O)c1ccccc1C. The molecule has 0 bridgehead atoms. The van der Waals surface area contributed by atoms with Crippen LogP contribution in [0.3, 0.4) is 0 Å². The predicted molar refractivity (Wildman–Crippen MR) is 51.7 cm³/mol. The second-order valence-electron chi connectivity index (χ2n) is 2.71. The number of carbonyl (C=O) groups excluding carboxylic acids is 1.